The van der Waals surface area contributed by atoms with E-state index in [2.05, 4.69) is 100 Å². The summed E-state index contributed by atoms with van der Waals surface area (Å²) in [5.41, 5.74) is 7.07. The van der Waals surface area contributed by atoms with Gasteiger partial charge >= 0.3 is 0 Å². The standard InChI is InChI=1S/C40H46NOSi.C13H24O2.Ir/c1-28-34-24-25-41-37(30-26-29-16-14-15-23-35(29)36(27-30)40(2,3)4)38(34)42-39(28)43(31-17-8-5-9-18-31,32-19-10-6-11-20-32)33-21-12-7-13-22-33;1-5-10(6-2)12(14)9-13(15)11(7-3)8-4;/h5,8-9,14-18,23-25,27,32-33H,6-7,10-13,19-22H2,1-4H3;9-11,14H,5-8H2,1-4H3;/q-1;;/b;12-9-;. The minimum atomic E-state index is -2.29. The second-order valence-electron chi connectivity index (χ2n) is 18.4. The molecule has 4 nitrogen and oxygen atoms in total. The molecule has 2 aromatic heterocycles. The van der Waals surface area contributed by atoms with E-state index in [0.717, 1.165) is 59.0 Å². The molecule has 59 heavy (non-hydrogen) atoms. The summed E-state index contributed by atoms with van der Waals surface area (Å²) >= 11 is 0. The van der Waals surface area contributed by atoms with Gasteiger partial charge in [0.25, 0.3) is 0 Å². The molecule has 0 atom stereocenters. The summed E-state index contributed by atoms with van der Waals surface area (Å²) < 4.78 is 7.43. The summed E-state index contributed by atoms with van der Waals surface area (Å²) in [4.78, 5) is 16.7. The van der Waals surface area contributed by atoms with Crippen LogP contribution >= 0.6 is 0 Å². The number of ketones is 1. The Kier molecular flexibility index (Phi) is 16.6. The first-order valence-electron chi connectivity index (χ1n) is 22.8. The Morgan fingerprint density at radius 3 is 1.93 bits per heavy atom. The molecule has 0 bridgehead atoms. The van der Waals surface area contributed by atoms with Crippen molar-refractivity contribution in [2.45, 2.75) is 162 Å². The van der Waals surface area contributed by atoms with Crippen LogP contribution in [0.4, 0.5) is 0 Å². The Hall–Kier alpha value is -3.31. The Morgan fingerprint density at radius 1 is 0.814 bits per heavy atom. The number of nitrogens with zero attached hydrogens (tertiary/aromatic N) is 1. The number of furan rings is 1. The molecule has 0 unspecified atom stereocenters. The third-order valence-corrected chi connectivity index (χ3v) is 20.1. The van der Waals surface area contributed by atoms with Gasteiger partial charge in [0.2, 0.25) is 0 Å². The summed E-state index contributed by atoms with van der Waals surface area (Å²) in [6.07, 6.45) is 20.4. The number of hydrogen-bond acceptors (Lipinski definition) is 4. The third kappa shape index (κ3) is 9.92. The van der Waals surface area contributed by atoms with Crippen molar-refractivity contribution in [3.05, 3.63) is 102 Å². The zero-order chi connectivity index (χ0) is 41.5. The van der Waals surface area contributed by atoms with Crippen molar-refractivity contribution in [3.8, 4) is 11.3 Å². The summed E-state index contributed by atoms with van der Waals surface area (Å²) in [7, 11) is -2.29. The maximum atomic E-state index is 11.7. The Bertz CT molecular complexity index is 2130. The molecule has 0 amide bonds. The Labute approximate surface area is 370 Å². The largest absolute Gasteiger partial charge is 0.512 e. The third-order valence-electron chi connectivity index (χ3n) is 13.9. The van der Waals surface area contributed by atoms with Crippen molar-refractivity contribution in [3.63, 3.8) is 0 Å². The molecule has 2 aliphatic carbocycles. The van der Waals surface area contributed by atoms with Crippen molar-refractivity contribution in [1.82, 2.24) is 4.98 Å². The number of carbonyl (C=O) groups is 1. The maximum Gasteiger partial charge on any atom is 0.169 e. The number of aliphatic hydroxyl groups is 1. The summed E-state index contributed by atoms with van der Waals surface area (Å²) in [6, 6.07) is 28.7. The molecule has 2 saturated carbocycles. The van der Waals surface area contributed by atoms with E-state index in [1.54, 1.807) is 5.19 Å². The van der Waals surface area contributed by atoms with E-state index < -0.39 is 8.07 Å². The van der Waals surface area contributed by atoms with Crippen molar-refractivity contribution in [2.24, 2.45) is 11.8 Å². The smallest absolute Gasteiger partial charge is 0.169 e. The molecule has 1 radical (unpaired) electrons. The van der Waals surface area contributed by atoms with Crippen LogP contribution in [-0.2, 0) is 30.3 Å². The number of allylic oxidation sites excluding steroid dienone is 2. The molecule has 0 aliphatic heterocycles. The summed E-state index contributed by atoms with van der Waals surface area (Å²) in [5.74, 6) is 0.547. The van der Waals surface area contributed by atoms with E-state index in [1.807, 2.05) is 33.9 Å². The van der Waals surface area contributed by atoms with Gasteiger partial charge in [0.1, 0.15) is 5.58 Å². The van der Waals surface area contributed by atoms with Crippen molar-refractivity contribution < 1.29 is 34.4 Å². The van der Waals surface area contributed by atoms with Gasteiger partial charge in [-0.05, 0) is 65.9 Å². The number of benzene rings is 3. The van der Waals surface area contributed by atoms with Crippen molar-refractivity contribution in [1.29, 1.82) is 0 Å². The van der Waals surface area contributed by atoms with Gasteiger partial charge in [-0.2, -0.15) is 0 Å². The van der Waals surface area contributed by atoms with Crippen LogP contribution in [0.3, 0.4) is 0 Å². The number of rotatable bonds is 12. The van der Waals surface area contributed by atoms with E-state index in [-0.39, 0.29) is 48.9 Å². The monoisotopic (exact) mass is 989 g/mol. The van der Waals surface area contributed by atoms with Crippen LogP contribution in [0.25, 0.3) is 33.0 Å². The van der Waals surface area contributed by atoms with Gasteiger partial charge in [0.15, 0.2) is 13.9 Å². The van der Waals surface area contributed by atoms with Gasteiger partial charge in [-0.15, -0.1) is 29.1 Å². The zero-order valence-corrected chi connectivity index (χ0v) is 40.7. The number of pyridine rings is 1. The molecule has 6 heteroatoms. The fourth-order valence-electron chi connectivity index (χ4n) is 10.6. The van der Waals surface area contributed by atoms with Crippen LogP contribution in [0.5, 0.6) is 0 Å². The van der Waals surface area contributed by atoms with Gasteiger partial charge in [0, 0.05) is 55.3 Å². The van der Waals surface area contributed by atoms with Crippen molar-refractivity contribution >= 4 is 46.2 Å². The van der Waals surface area contributed by atoms with Gasteiger partial charge in [0.05, 0.1) is 11.1 Å². The average Bonchev–Trinajstić information content (AvgIpc) is 3.58. The van der Waals surface area contributed by atoms with Crippen LogP contribution in [0.2, 0.25) is 11.1 Å². The van der Waals surface area contributed by atoms with Crippen molar-refractivity contribution in [2.75, 3.05) is 0 Å². The predicted octanol–water partition coefficient (Wildman–Crippen LogP) is 14.2. The van der Waals surface area contributed by atoms with Gasteiger partial charge in [-0.3, -0.25) is 9.78 Å². The molecular formula is C53H70IrNO3Si-. The number of aryl methyl sites for hydroxylation is 1. The topological polar surface area (TPSA) is 63.3 Å². The quantitative estimate of drug-likeness (QED) is 0.0585. The molecule has 0 spiro atoms. The van der Waals surface area contributed by atoms with Crippen LogP contribution in [0.1, 0.15) is 149 Å². The predicted molar refractivity (Wildman–Crippen MR) is 248 cm³/mol. The first-order valence-corrected chi connectivity index (χ1v) is 25.0. The first kappa shape index (κ1) is 46.7. The molecule has 2 heterocycles. The summed E-state index contributed by atoms with van der Waals surface area (Å²) in [6.45, 7) is 17.3. The molecule has 2 aliphatic rings. The van der Waals surface area contributed by atoms with Crippen LogP contribution in [0.15, 0.2) is 89.2 Å². The van der Waals surface area contributed by atoms with E-state index in [1.165, 1.54) is 97.6 Å². The van der Waals surface area contributed by atoms with Gasteiger partial charge < -0.3 is 9.52 Å². The molecule has 1 N–H and O–H groups in total. The number of aliphatic hydroxyl groups excluding tert-OH is 1. The van der Waals surface area contributed by atoms with Gasteiger partial charge in [-0.1, -0.05) is 172 Å². The normalized spacial score (nSPS) is 16.0. The van der Waals surface area contributed by atoms with E-state index >= 15 is 0 Å². The van der Waals surface area contributed by atoms with Gasteiger partial charge in [-0.25, -0.2) is 0 Å². The first-order chi connectivity index (χ1) is 28.0. The molecule has 3 aromatic carbocycles. The van der Waals surface area contributed by atoms with E-state index in [9.17, 15) is 9.90 Å². The Morgan fingerprint density at radius 2 is 1.37 bits per heavy atom. The SMILES string of the molecule is CCC(CC)C(=O)/C=C(\O)C(CC)CC.Cc1c([Si](c2ccccc2)(C2CCCCC2)C2CCCCC2)oc2c(-c3[c-]c4ccccc4c(C(C)(C)C)c3)nccc12.[Ir]. The zero-order valence-electron chi connectivity index (χ0n) is 37.3. The molecular weight excluding hydrogens is 919 g/mol. The second kappa shape index (κ2) is 21.0. The summed E-state index contributed by atoms with van der Waals surface area (Å²) in [5, 5.41) is 16.3. The second-order valence-corrected chi connectivity index (χ2v) is 22.8. The number of fused-ring (bicyclic) bond motifs is 2. The molecule has 319 valence electrons. The van der Waals surface area contributed by atoms with Crippen LogP contribution in [0, 0.1) is 24.8 Å². The van der Waals surface area contributed by atoms with E-state index in [4.69, 9.17) is 9.40 Å². The Balaban J connectivity index is 0.000000355. The number of aromatic nitrogens is 1. The number of hydrogen-bond donors (Lipinski definition) is 1. The minimum absolute atomic E-state index is 0. The van der Waals surface area contributed by atoms with Crippen LogP contribution < -0.4 is 10.6 Å². The molecule has 7 rings (SSSR count). The molecule has 5 aromatic rings. The van der Waals surface area contributed by atoms with Crippen LogP contribution in [-0.4, -0.2) is 23.9 Å². The van der Waals surface area contributed by atoms with E-state index in [0.29, 0.717) is 0 Å². The fraction of sp³-hybridized carbons (Fsp3) is 0.509. The minimum Gasteiger partial charge on any atom is -0.512 e. The number of carbonyl (C=O) groups excluding carboxylic acids is 1. The molecule has 0 saturated heterocycles. The maximum absolute atomic E-state index is 11.7. The molecule has 2 fully saturated rings. The average molecular weight is 989 g/mol. The fourth-order valence-corrected chi connectivity index (χ4v) is 17.6.